The third-order valence-corrected chi connectivity index (χ3v) is 3.14. The van der Waals surface area contributed by atoms with Crippen molar-refractivity contribution in [1.82, 2.24) is 19.6 Å². The van der Waals surface area contributed by atoms with Gasteiger partial charge in [0.15, 0.2) is 5.69 Å². The second-order valence-corrected chi connectivity index (χ2v) is 4.83. The minimum atomic E-state index is -4.52. The molecule has 2 aromatic heterocycles. The van der Waals surface area contributed by atoms with Crippen LogP contribution in [-0.2, 0) is 24.6 Å². The molecule has 0 atom stereocenters. The van der Waals surface area contributed by atoms with Crippen molar-refractivity contribution in [3.05, 3.63) is 29.2 Å². The highest BCUT2D eigenvalue weighted by molar-refractivity contribution is 5.91. The van der Waals surface area contributed by atoms with Gasteiger partial charge < -0.3 is 5.32 Å². The van der Waals surface area contributed by atoms with E-state index in [-0.39, 0.29) is 24.3 Å². The first kappa shape index (κ1) is 16.5. The zero-order valence-electron chi connectivity index (χ0n) is 12.3. The van der Waals surface area contributed by atoms with Crippen molar-refractivity contribution in [2.24, 2.45) is 7.05 Å². The molecular formula is C13H13F3N6O. The summed E-state index contributed by atoms with van der Waals surface area (Å²) in [5.74, 6) is -0.209. The molecule has 0 saturated carbocycles. The van der Waals surface area contributed by atoms with E-state index in [1.54, 1.807) is 7.05 Å². The first-order valence-corrected chi connectivity index (χ1v) is 6.56. The van der Waals surface area contributed by atoms with Gasteiger partial charge in [-0.15, -0.1) is 0 Å². The molecule has 0 bridgehead atoms. The van der Waals surface area contributed by atoms with Crippen LogP contribution in [0.1, 0.15) is 23.4 Å². The molecule has 0 aliphatic carbocycles. The molecule has 1 amide bonds. The number of nitriles is 1. The van der Waals surface area contributed by atoms with Crippen LogP contribution in [0, 0.1) is 18.3 Å². The fourth-order valence-electron chi connectivity index (χ4n) is 1.94. The van der Waals surface area contributed by atoms with E-state index in [0.717, 1.165) is 10.7 Å². The molecule has 0 spiro atoms. The molecule has 23 heavy (non-hydrogen) atoms. The Bertz CT molecular complexity index is 768. The molecule has 2 aromatic rings. The van der Waals surface area contributed by atoms with Gasteiger partial charge in [-0.2, -0.15) is 28.6 Å². The molecule has 7 nitrogen and oxygen atoms in total. The van der Waals surface area contributed by atoms with E-state index < -0.39 is 17.8 Å². The van der Waals surface area contributed by atoms with Crippen molar-refractivity contribution in [3.63, 3.8) is 0 Å². The lowest BCUT2D eigenvalue weighted by molar-refractivity contribution is -0.141. The smallest absolute Gasteiger partial charge is 0.310 e. The third-order valence-electron chi connectivity index (χ3n) is 3.14. The second-order valence-electron chi connectivity index (χ2n) is 4.83. The van der Waals surface area contributed by atoms with Crippen LogP contribution in [0.15, 0.2) is 12.3 Å². The standard InChI is InChI=1S/C13H13F3N6O/c1-8-5-10(13(14,15)16)20-22(8)4-3-11(23)19-12-9(6-17)7-18-21(12)2/h5,7H,3-4H2,1-2H3,(H,19,23). The summed E-state index contributed by atoms with van der Waals surface area (Å²) in [6.07, 6.45) is -3.30. The predicted octanol–water partition coefficient (Wildman–Crippen LogP) is 1.84. The summed E-state index contributed by atoms with van der Waals surface area (Å²) in [4.78, 5) is 11.9. The lowest BCUT2D eigenvalue weighted by Gasteiger charge is -2.07. The van der Waals surface area contributed by atoms with Gasteiger partial charge in [0.1, 0.15) is 17.5 Å². The number of anilines is 1. The number of nitrogens with one attached hydrogen (secondary N) is 1. The highest BCUT2D eigenvalue weighted by Gasteiger charge is 2.34. The number of amides is 1. The number of carbonyl (C=O) groups excluding carboxylic acids is 1. The summed E-state index contributed by atoms with van der Waals surface area (Å²) in [6.45, 7) is 1.47. The number of aromatic nitrogens is 4. The Labute approximate surface area is 129 Å². The Morgan fingerprint density at radius 2 is 2.17 bits per heavy atom. The van der Waals surface area contributed by atoms with Crippen molar-refractivity contribution in [2.45, 2.75) is 26.1 Å². The maximum Gasteiger partial charge on any atom is 0.435 e. The van der Waals surface area contributed by atoms with E-state index >= 15 is 0 Å². The number of rotatable bonds is 4. The number of carbonyl (C=O) groups is 1. The Kier molecular flexibility index (Phi) is 4.40. The van der Waals surface area contributed by atoms with E-state index in [1.807, 2.05) is 6.07 Å². The molecule has 0 aliphatic rings. The molecule has 0 aromatic carbocycles. The van der Waals surface area contributed by atoms with Crippen LogP contribution in [0.5, 0.6) is 0 Å². The lowest BCUT2D eigenvalue weighted by atomic mass is 10.3. The van der Waals surface area contributed by atoms with Crippen LogP contribution in [0.2, 0.25) is 0 Å². The Balaban J connectivity index is 2.01. The maximum absolute atomic E-state index is 12.6. The van der Waals surface area contributed by atoms with E-state index in [1.165, 1.54) is 17.8 Å². The Hall–Kier alpha value is -2.83. The topological polar surface area (TPSA) is 88.5 Å². The van der Waals surface area contributed by atoms with E-state index in [9.17, 15) is 18.0 Å². The zero-order chi connectivity index (χ0) is 17.2. The average molecular weight is 326 g/mol. The summed E-state index contributed by atoms with van der Waals surface area (Å²) in [5, 5.41) is 18.7. The largest absolute Gasteiger partial charge is 0.435 e. The van der Waals surface area contributed by atoms with Crippen LogP contribution >= 0.6 is 0 Å². The summed E-state index contributed by atoms with van der Waals surface area (Å²) in [5.41, 5.74) is -0.479. The number of nitrogens with zero attached hydrogens (tertiary/aromatic N) is 5. The monoisotopic (exact) mass is 326 g/mol. The van der Waals surface area contributed by atoms with Gasteiger partial charge in [0.05, 0.1) is 6.20 Å². The molecule has 0 fully saturated rings. The fourth-order valence-corrected chi connectivity index (χ4v) is 1.94. The Morgan fingerprint density at radius 1 is 1.48 bits per heavy atom. The lowest BCUT2D eigenvalue weighted by Crippen LogP contribution is -2.18. The summed E-state index contributed by atoms with van der Waals surface area (Å²) in [6, 6.07) is 2.81. The fraction of sp³-hybridized carbons (Fsp3) is 0.385. The van der Waals surface area contributed by atoms with Crippen molar-refractivity contribution in [2.75, 3.05) is 5.32 Å². The van der Waals surface area contributed by atoms with Gasteiger partial charge in [0.25, 0.3) is 0 Å². The van der Waals surface area contributed by atoms with Crippen LogP contribution in [0.3, 0.4) is 0 Å². The van der Waals surface area contributed by atoms with Crippen LogP contribution in [-0.4, -0.2) is 25.5 Å². The first-order chi connectivity index (χ1) is 10.7. The minimum Gasteiger partial charge on any atom is -0.310 e. The molecule has 0 radical (unpaired) electrons. The van der Waals surface area contributed by atoms with E-state index in [0.29, 0.717) is 5.69 Å². The Morgan fingerprint density at radius 3 is 2.74 bits per heavy atom. The molecule has 0 unspecified atom stereocenters. The van der Waals surface area contributed by atoms with Gasteiger partial charge in [-0.25, -0.2) is 0 Å². The van der Waals surface area contributed by atoms with Crippen LogP contribution in [0.4, 0.5) is 19.0 Å². The first-order valence-electron chi connectivity index (χ1n) is 6.56. The maximum atomic E-state index is 12.6. The van der Waals surface area contributed by atoms with E-state index in [4.69, 9.17) is 5.26 Å². The zero-order valence-corrected chi connectivity index (χ0v) is 12.3. The second kappa shape index (κ2) is 6.12. The van der Waals surface area contributed by atoms with Crippen molar-refractivity contribution in [3.8, 4) is 6.07 Å². The molecule has 2 heterocycles. The van der Waals surface area contributed by atoms with Crippen molar-refractivity contribution in [1.29, 1.82) is 5.26 Å². The highest BCUT2D eigenvalue weighted by atomic mass is 19.4. The molecule has 2 rings (SSSR count). The van der Waals surface area contributed by atoms with Gasteiger partial charge in [0.2, 0.25) is 5.91 Å². The molecular weight excluding hydrogens is 313 g/mol. The van der Waals surface area contributed by atoms with E-state index in [2.05, 4.69) is 15.5 Å². The van der Waals surface area contributed by atoms with Crippen LogP contribution < -0.4 is 5.32 Å². The van der Waals surface area contributed by atoms with Gasteiger partial charge >= 0.3 is 6.18 Å². The number of aryl methyl sites for hydroxylation is 3. The summed E-state index contributed by atoms with van der Waals surface area (Å²) >= 11 is 0. The SMILES string of the molecule is Cc1cc(C(F)(F)F)nn1CCC(=O)Nc1c(C#N)cnn1C. The quantitative estimate of drug-likeness (QED) is 0.928. The third kappa shape index (κ3) is 3.68. The number of alkyl halides is 3. The van der Waals surface area contributed by atoms with Crippen LogP contribution in [0.25, 0.3) is 0 Å². The van der Waals surface area contributed by atoms with Crippen molar-refractivity contribution >= 4 is 11.7 Å². The minimum absolute atomic E-state index is 0.00646. The molecule has 10 heteroatoms. The van der Waals surface area contributed by atoms with Crippen molar-refractivity contribution < 1.29 is 18.0 Å². The molecule has 0 saturated heterocycles. The highest BCUT2D eigenvalue weighted by Crippen LogP contribution is 2.28. The summed E-state index contributed by atoms with van der Waals surface area (Å²) in [7, 11) is 1.56. The molecule has 1 N–H and O–H groups in total. The predicted molar refractivity (Wildman–Crippen MR) is 73.1 cm³/mol. The van der Waals surface area contributed by atoms with Gasteiger partial charge in [-0.1, -0.05) is 0 Å². The van der Waals surface area contributed by atoms with Gasteiger partial charge in [-0.3, -0.25) is 14.2 Å². The number of hydrogen-bond donors (Lipinski definition) is 1. The van der Waals surface area contributed by atoms with Gasteiger partial charge in [-0.05, 0) is 13.0 Å². The average Bonchev–Trinajstić information content (AvgIpc) is 3.00. The number of hydrogen-bond acceptors (Lipinski definition) is 4. The number of halogens is 3. The molecule has 0 aliphatic heterocycles. The molecule has 122 valence electrons. The normalized spacial score (nSPS) is 11.3. The van der Waals surface area contributed by atoms with Gasteiger partial charge in [0, 0.05) is 25.7 Å². The summed E-state index contributed by atoms with van der Waals surface area (Å²) < 4.78 is 40.1.